The maximum atomic E-state index is 13.8. The average molecular weight is 432 g/mol. The van der Waals surface area contributed by atoms with Crippen molar-refractivity contribution in [3.05, 3.63) is 0 Å². The summed E-state index contributed by atoms with van der Waals surface area (Å²) >= 11 is 0. The molecule has 30 heavy (non-hydrogen) atoms. The number of amides is 2. The second-order valence-corrected chi connectivity index (χ2v) is 9.20. The maximum Gasteiger partial charge on any atom is 0.410 e. The molecule has 1 rings (SSSR count). The molecule has 1 fully saturated rings. The fourth-order valence-electron chi connectivity index (χ4n) is 2.81. The van der Waals surface area contributed by atoms with Crippen LogP contribution in [-0.4, -0.2) is 69.9 Å². The Balaban J connectivity index is 2.83. The van der Waals surface area contributed by atoms with Gasteiger partial charge in [0.05, 0.1) is 0 Å². The van der Waals surface area contributed by atoms with Crippen molar-refractivity contribution in [2.45, 2.75) is 96.2 Å². The number of carboxylic acids is 1. The first kappa shape index (κ1) is 25.6. The van der Waals surface area contributed by atoms with Crippen LogP contribution in [0.1, 0.15) is 67.2 Å². The largest absolute Gasteiger partial charge is 0.480 e. The van der Waals surface area contributed by atoms with Crippen LogP contribution in [0.25, 0.3) is 0 Å². The number of nitrogens with one attached hydrogen (secondary N) is 1. The molecule has 0 aromatic rings. The molecule has 0 heterocycles. The van der Waals surface area contributed by atoms with Crippen LogP contribution < -0.4 is 5.32 Å². The number of halogens is 1. The fraction of sp³-hybridized carbons (Fsp3) is 0.800. The lowest BCUT2D eigenvalue weighted by atomic mass is 10.0. The van der Waals surface area contributed by atoms with Crippen molar-refractivity contribution in [1.29, 1.82) is 0 Å². The summed E-state index contributed by atoms with van der Waals surface area (Å²) in [5, 5.41) is 11.5. The molecule has 2 amide bonds. The van der Waals surface area contributed by atoms with E-state index in [0.717, 1.165) is 4.90 Å². The minimum atomic E-state index is -1.82. The van der Waals surface area contributed by atoms with Gasteiger partial charge >= 0.3 is 18.0 Å². The zero-order valence-electron chi connectivity index (χ0n) is 18.7. The highest BCUT2D eigenvalue weighted by atomic mass is 19.1. The third kappa shape index (κ3) is 7.14. The molecule has 0 unspecified atom stereocenters. The van der Waals surface area contributed by atoms with Gasteiger partial charge in [0, 0.05) is 13.5 Å². The molecule has 10 heteroatoms. The molecule has 0 aromatic heterocycles. The predicted octanol–water partition coefficient (Wildman–Crippen LogP) is 2.42. The second kappa shape index (κ2) is 9.18. The van der Waals surface area contributed by atoms with Crippen LogP contribution in [0.3, 0.4) is 0 Å². The lowest BCUT2D eigenvalue weighted by Crippen LogP contribution is -2.51. The van der Waals surface area contributed by atoms with E-state index in [1.165, 1.54) is 20.9 Å². The Bertz CT molecular complexity index is 678. The first-order valence-electron chi connectivity index (χ1n) is 9.92. The molecular weight excluding hydrogens is 399 g/mol. The third-order valence-corrected chi connectivity index (χ3v) is 4.63. The monoisotopic (exact) mass is 432 g/mol. The second-order valence-electron chi connectivity index (χ2n) is 9.20. The van der Waals surface area contributed by atoms with Crippen LogP contribution in [0.2, 0.25) is 0 Å². The number of alkyl halides is 1. The average Bonchev–Trinajstić information content (AvgIpc) is 3.37. The van der Waals surface area contributed by atoms with E-state index in [2.05, 4.69) is 5.32 Å². The van der Waals surface area contributed by atoms with Crippen LogP contribution in [-0.2, 0) is 23.9 Å². The van der Waals surface area contributed by atoms with Crippen molar-refractivity contribution in [3.8, 4) is 0 Å². The number of hydrogen-bond donors (Lipinski definition) is 2. The Morgan fingerprint density at radius 3 is 2.07 bits per heavy atom. The van der Waals surface area contributed by atoms with Crippen LogP contribution >= 0.6 is 0 Å². The molecule has 0 radical (unpaired) electrons. The van der Waals surface area contributed by atoms with E-state index in [-0.39, 0.29) is 6.42 Å². The van der Waals surface area contributed by atoms with Gasteiger partial charge in [-0.3, -0.25) is 9.69 Å². The molecule has 2 N–H and O–H groups in total. The van der Waals surface area contributed by atoms with Gasteiger partial charge in [-0.25, -0.2) is 18.8 Å². The van der Waals surface area contributed by atoms with Gasteiger partial charge in [-0.1, -0.05) is 6.92 Å². The van der Waals surface area contributed by atoms with Gasteiger partial charge in [0.2, 0.25) is 0 Å². The lowest BCUT2D eigenvalue weighted by molar-refractivity contribution is -0.162. The van der Waals surface area contributed by atoms with Crippen LogP contribution in [0.4, 0.5) is 9.18 Å². The summed E-state index contributed by atoms with van der Waals surface area (Å²) in [6.45, 7) is 9.10. The SMILES string of the molecule is CC[C@@H](OC(=O)C1(N(C)C(=O)OC(C)(C)C)CC1)C(=O)N[C@@H](CC(C)(C)F)C(=O)O. The highest BCUT2D eigenvalue weighted by Crippen LogP contribution is 2.43. The summed E-state index contributed by atoms with van der Waals surface area (Å²) in [6.07, 6.45) is -1.61. The minimum Gasteiger partial charge on any atom is -0.480 e. The Morgan fingerprint density at radius 2 is 1.70 bits per heavy atom. The molecule has 0 saturated heterocycles. The van der Waals surface area contributed by atoms with Crippen molar-refractivity contribution < 1.29 is 38.1 Å². The number of carbonyl (C=O) groups excluding carboxylic acids is 3. The topological polar surface area (TPSA) is 122 Å². The van der Waals surface area contributed by atoms with Gasteiger partial charge in [-0.05, 0) is 53.9 Å². The molecule has 0 aliphatic heterocycles. The van der Waals surface area contributed by atoms with E-state index < -0.39 is 59.3 Å². The molecule has 1 saturated carbocycles. The first-order chi connectivity index (χ1) is 13.5. The first-order valence-corrected chi connectivity index (χ1v) is 9.92. The van der Waals surface area contributed by atoms with Crippen LogP contribution in [0.5, 0.6) is 0 Å². The van der Waals surface area contributed by atoms with Gasteiger partial charge in [0.1, 0.15) is 22.9 Å². The summed E-state index contributed by atoms with van der Waals surface area (Å²) in [4.78, 5) is 50.0. The van der Waals surface area contributed by atoms with Gasteiger partial charge in [0.15, 0.2) is 6.10 Å². The van der Waals surface area contributed by atoms with Gasteiger partial charge in [-0.2, -0.15) is 0 Å². The van der Waals surface area contributed by atoms with Gasteiger partial charge < -0.3 is 19.9 Å². The van der Waals surface area contributed by atoms with Crippen molar-refractivity contribution in [3.63, 3.8) is 0 Å². The van der Waals surface area contributed by atoms with E-state index in [4.69, 9.17) is 9.47 Å². The predicted molar refractivity (Wildman–Crippen MR) is 106 cm³/mol. The Hall–Kier alpha value is -2.39. The number of carboxylic acid groups (broad SMARTS) is 1. The third-order valence-electron chi connectivity index (χ3n) is 4.63. The highest BCUT2D eigenvalue weighted by Gasteiger charge is 2.58. The molecule has 0 spiro atoms. The van der Waals surface area contributed by atoms with Crippen molar-refractivity contribution in [2.75, 3.05) is 7.05 Å². The quantitative estimate of drug-likeness (QED) is 0.537. The fourth-order valence-corrected chi connectivity index (χ4v) is 2.81. The van der Waals surface area contributed by atoms with Crippen LogP contribution in [0.15, 0.2) is 0 Å². The summed E-state index contributed by atoms with van der Waals surface area (Å²) < 4.78 is 24.4. The normalized spacial score (nSPS) is 17.3. The van der Waals surface area contributed by atoms with E-state index >= 15 is 0 Å². The molecule has 9 nitrogen and oxygen atoms in total. The Morgan fingerprint density at radius 1 is 1.17 bits per heavy atom. The van der Waals surface area contributed by atoms with E-state index in [9.17, 15) is 28.7 Å². The summed E-state index contributed by atoms with van der Waals surface area (Å²) in [7, 11) is 1.42. The zero-order valence-corrected chi connectivity index (χ0v) is 18.7. The standard InChI is InChI=1S/C20H33FN2O7/c1-8-13(14(24)22-12(15(25)26)11-19(5,6)21)29-16(27)20(9-10-20)23(7)17(28)30-18(2,3)4/h12-13H,8-11H2,1-7H3,(H,22,24)(H,25,26)/t12-,13+/m0/s1. The lowest BCUT2D eigenvalue weighted by Gasteiger charge is -2.30. The van der Waals surface area contributed by atoms with E-state index in [0.29, 0.717) is 12.8 Å². The van der Waals surface area contributed by atoms with Crippen molar-refractivity contribution in [2.24, 2.45) is 0 Å². The molecule has 1 aliphatic carbocycles. The number of esters is 1. The molecule has 0 aromatic carbocycles. The minimum absolute atomic E-state index is 0.0785. The van der Waals surface area contributed by atoms with E-state index in [1.54, 1.807) is 27.7 Å². The highest BCUT2D eigenvalue weighted by molar-refractivity contribution is 5.92. The smallest absolute Gasteiger partial charge is 0.410 e. The van der Waals surface area contributed by atoms with Gasteiger partial charge in [-0.15, -0.1) is 0 Å². The number of likely N-dealkylation sites (N-methyl/N-ethyl adjacent to an activating group) is 1. The molecule has 1 aliphatic rings. The summed E-state index contributed by atoms with van der Waals surface area (Å²) in [5.74, 6) is -2.99. The number of rotatable bonds is 9. The number of nitrogens with zero attached hydrogens (tertiary/aromatic N) is 1. The Labute approximate surface area is 176 Å². The number of ether oxygens (including phenoxy) is 2. The number of aliphatic carboxylic acids is 1. The molecule has 2 atom stereocenters. The zero-order chi connectivity index (χ0) is 23.5. The van der Waals surface area contributed by atoms with Crippen molar-refractivity contribution >= 4 is 23.9 Å². The van der Waals surface area contributed by atoms with E-state index in [1.807, 2.05) is 0 Å². The Kier molecular flexibility index (Phi) is 7.85. The van der Waals surface area contributed by atoms with Crippen molar-refractivity contribution in [1.82, 2.24) is 10.2 Å². The number of hydrogen-bond acceptors (Lipinski definition) is 6. The maximum absolute atomic E-state index is 13.8. The molecular formula is C20H33FN2O7. The molecule has 172 valence electrons. The summed E-state index contributed by atoms with van der Waals surface area (Å²) in [6, 6.07) is -1.47. The summed E-state index contributed by atoms with van der Waals surface area (Å²) in [5.41, 5.74) is -3.78. The van der Waals surface area contributed by atoms with Crippen LogP contribution in [0, 0.1) is 0 Å². The number of carbonyl (C=O) groups is 4. The molecule has 0 bridgehead atoms. The van der Waals surface area contributed by atoms with Gasteiger partial charge in [0.25, 0.3) is 5.91 Å².